The highest BCUT2D eigenvalue weighted by molar-refractivity contribution is 5.27. The van der Waals surface area contributed by atoms with E-state index in [1.54, 1.807) is 7.11 Å². The Bertz CT molecular complexity index is 445. The van der Waals surface area contributed by atoms with Gasteiger partial charge in [-0.2, -0.15) is 0 Å². The molecule has 1 aliphatic heterocycles. The normalized spacial score (nSPS) is 32.5. The minimum absolute atomic E-state index is 0.333. The molecule has 2 fully saturated rings. The lowest BCUT2D eigenvalue weighted by Crippen LogP contribution is -2.49. The summed E-state index contributed by atoms with van der Waals surface area (Å²) in [4.78, 5) is 0. The minimum Gasteiger partial charge on any atom is -0.497 e. The Morgan fingerprint density at radius 1 is 1.14 bits per heavy atom. The summed E-state index contributed by atoms with van der Waals surface area (Å²) in [5.74, 6) is 2.95. The number of nitrogens with one attached hydrogen (secondary N) is 1. The van der Waals surface area contributed by atoms with Crippen LogP contribution >= 0.6 is 0 Å². The van der Waals surface area contributed by atoms with Crippen LogP contribution in [0.2, 0.25) is 0 Å². The summed E-state index contributed by atoms with van der Waals surface area (Å²) in [5.41, 5.74) is 1.42. The van der Waals surface area contributed by atoms with Crippen LogP contribution in [0.5, 0.6) is 5.75 Å². The quantitative estimate of drug-likeness (QED) is 0.895. The van der Waals surface area contributed by atoms with Gasteiger partial charge in [-0.3, -0.25) is 0 Å². The van der Waals surface area contributed by atoms with Gasteiger partial charge < -0.3 is 15.2 Å². The number of rotatable bonds is 4. The molecule has 4 atom stereocenters. The van der Waals surface area contributed by atoms with Gasteiger partial charge in [0.05, 0.1) is 7.11 Å². The molecule has 0 spiro atoms. The van der Waals surface area contributed by atoms with Gasteiger partial charge >= 0.3 is 0 Å². The maximum Gasteiger partial charge on any atom is 0.118 e. The van der Waals surface area contributed by atoms with E-state index in [-0.39, 0.29) is 0 Å². The first-order chi connectivity index (χ1) is 10.3. The molecule has 0 bridgehead atoms. The standard InChI is InChI=1S/C18H27NO2/c1-21-17-5-2-13(3-6-17)8-14-4-7-18-16(9-14)10-15(12-20)11-19-18/h2-3,5-6,14-16,18-20H,4,7-12H2,1H3/t14-,15+,16-,18+/m1/s1. The Morgan fingerprint density at radius 2 is 1.90 bits per heavy atom. The second-order valence-electron chi connectivity index (χ2n) is 6.79. The van der Waals surface area contributed by atoms with E-state index in [2.05, 4.69) is 29.6 Å². The van der Waals surface area contributed by atoms with Gasteiger partial charge in [0.25, 0.3) is 0 Å². The fourth-order valence-corrected chi connectivity index (χ4v) is 4.14. The number of benzene rings is 1. The topological polar surface area (TPSA) is 41.5 Å². The average molecular weight is 289 g/mol. The molecule has 0 unspecified atom stereocenters. The SMILES string of the molecule is COc1ccc(C[C@H]2CC[C@@H]3NC[C@@H](CO)C[C@H]3C2)cc1. The van der Waals surface area contributed by atoms with E-state index in [0.29, 0.717) is 18.6 Å². The van der Waals surface area contributed by atoms with Crippen molar-refractivity contribution >= 4 is 0 Å². The van der Waals surface area contributed by atoms with Gasteiger partial charge in [-0.15, -0.1) is 0 Å². The lowest BCUT2D eigenvalue weighted by atomic mass is 9.71. The largest absolute Gasteiger partial charge is 0.497 e. The lowest BCUT2D eigenvalue weighted by molar-refractivity contribution is 0.0989. The van der Waals surface area contributed by atoms with Crippen LogP contribution in [0.15, 0.2) is 24.3 Å². The molecular weight excluding hydrogens is 262 g/mol. The van der Waals surface area contributed by atoms with Crippen molar-refractivity contribution in [3.8, 4) is 5.75 Å². The maximum absolute atomic E-state index is 9.38. The van der Waals surface area contributed by atoms with Gasteiger partial charge in [0.15, 0.2) is 0 Å². The molecule has 3 nitrogen and oxygen atoms in total. The molecule has 3 rings (SSSR count). The van der Waals surface area contributed by atoms with Gasteiger partial charge in [-0.25, -0.2) is 0 Å². The Labute approximate surface area is 127 Å². The van der Waals surface area contributed by atoms with E-state index in [0.717, 1.165) is 24.1 Å². The molecule has 0 aromatic heterocycles. The van der Waals surface area contributed by atoms with Crippen LogP contribution in [0.3, 0.4) is 0 Å². The number of piperidine rings is 1. The van der Waals surface area contributed by atoms with E-state index in [9.17, 15) is 5.11 Å². The summed E-state index contributed by atoms with van der Waals surface area (Å²) in [6, 6.07) is 9.21. The van der Waals surface area contributed by atoms with Gasteiger partial charge in [0.2, 0.25) is 0 Å². The van der Waals surface area contributed by atoms with Crippen LogP contribution in [0.1, 0.15) is 31.2 Å². The fourth-order valence-electron chi connectivity index (χ4n) is 4.14. The summed E-state index contributed by atoms with van der Waals surface area (Å²) in [5, 5.41) is 13.0. The van der Waals surface area contributed by atoms with E-state index in [4.69, 9.17) is 4.74 Å². The molecule has 0 amide bonds. The molecular formula is C18H27NO2. The third-order valence-corrected chi connectivity index (χ3v) is 5.34. The molecule has 2 aliphatic rings. The van der Waals surface area contributed by atoms with Crippen LogP contribution in [-0.2, 0) is 6.42 Å². The van der Waals surface area contributed by atoms with Crippen LogP contribution < -0.4 is 10.1 Å². The zero-order chi connectivity index (χ0) is 14.7. The summed E-state index contributed by atoms with van der Waals surface area (Å²) in [6.07, 6.45) is 6.30. The van der Waals surface area contributed by atoms with E-state index in [1.807, 2.05) is 0 Å². The molecule has 1 saturated heterocycles. The first-order valence-corrected chi connectivity index (χ1v) is 8.25. The van der Waals surface area contributed by atoms with Crippen LogP contribution in [0.25, 0.3) is 0 Å². The first kappa shape index (κ1) is 14.9. The third kappa shape index (κ3) is 3.58. The smallest absolute Gasteiger partial charge is 0.118 e. The monoisotopic (exact) mass is 289 g/mol. The van der Waals surface area contributed by atoms with Crippen molar-refractivity contribution < 1.29 is 9.84 Å². The maximum atomic E-state index is 9.38. The molecule has 1 saturated carbocycles. The zero-order valence-electron chi connectivity index (χ0n) is 12.9. The molecule has 0 radical (unpaired) electrons. The number of fused-ring (bicyclic) bond motifs is 1. The number of methoxy groups -OCH3 is 1. The molecule has 2 N–H and O–H groups in total. The van der Waals surface area contributed by atoms with Crippen molar-refractivity contribution in [1.82, 2.24) is 5.32 Å². The van der Waals surface area contributed by atoms with Crippen molar-refractivity contribution in [3.05, 3.63) is 29.8 Å². The van der Waals surface area contributed by atoms with Crippen LogP contribution in [0.4, 0.5) is 0 Å². The number of hydrogen-bond donors (Lipinski definition) is 2. The molecule has 21 heavy (non-hydrogen) atoms. The van der Waals surface area contributed by atoms with Crippen LogP contribution in [0, 0.1) is 17.8 Å². The zero-order valence-corrected chi connectivity index (χ0v) is 12.9. The first-order valence-electron chi connectivity index (χ1n) is 8.25. The lowest BCUT2D eigenvalue weighted by Gasteiger charge is -2.42. The Kier molecular flexibility index (Phi) is 4.81. The van der Waals surface area contributed by atoms with E-state index >= 15 is 0 Å². The summed E-state index contributed by atoms with van der Waals surface area (Å²) in [6.45, 7) is 1.33. The Hall–Kier alpha value is -1.06. The van der Waals surface area contributed by atoms with Gasteiger partial charge in [0, 0.05) is 19.2 Å². The molecule has 1 aliphatic carbocycles. The average Bonchev–Trinajstić information content (AvgIpc) is 2.55. The summed E-state index contributed by atoms with van der Waals surface area (Å²) < 4.78 is 5.22. The van der Waals surface area contributed by atoms with Gasteiger partial charge in [0.1, 0.15) is 5.75 Å². The predicted molar refractivity (Wildman–Crippen MR) is 84.5 cm³/mol. The fraction of sp³-hybridized carbons (Fsp3) is 0.667. The van der Waals surface area contributed by atoms with Crippen molar-refractivity contribution in [2.75, 3.05) is 20.3 Å². The van der Waals surface area contributed by atoms with Gasteiger partial charge in [-0.05, 0) is 67.6 Å². The van der Waals surface area contributed by atoms with Crippen molar-refractivity contribution in [3.63, 3.8) is 0 Å². The van der Waals surface area contributed by atoms with Crippen molar-refractivity contribution in [1.29, 1.82) is 0 Å². The number of ether oxygens (including phenoxy) is 1. The van der Waals surface area contributed by atoms with Crippen LogP contribution in [-0.4, -0.2) is 31.4 Å². The number of hydrogen-bond acceptors (Lipinski definition) is 3. The predicted octanol–water partition coefficient (Wildman–Crippen LogP) is 2.62. The second-order valence-corrected chi connectivity index (χ2v) is 6.79. The highest BCUT2D eigenvalue weighted by Gasteiger charge is 2.35. The molecule has 1 aromatic rings. The second kappa shape index (κ2) is 6.80. The number of aliphatic hydroxyl groups is 1. The minimum atomic E-state index is 0.333. The molecule has 1 aromatic carbocycles. The highest BCUT2D eigenvalue weighted by atomic mass is 16.5. The Morgan fingerprint density at radius 3 is 2.62 bits per heavy atom. The van der Waals surface area contributed by atoms with Crippen molar-refractivity contribution in [2.45, 2.75) is 38.1 Å². The highest BCUT2D eigenvalue weighted by Crippen LogP contribution is 2.37. The molecule has 1 heterocycles. The number of aliphatic hydroxyl groups excluding tert-OH is 1. The van der Waals surface area contributed by atoms with Crippen molar-refractivity contribution in [2.24, 2.45) is 17.8 Å². The molecule has 116 valence electrons. The van der Waals surface area contributed by atoms with Gasteiger partial charge in [-0.1, -0.05) is 12.1 Å². The molecule has 3 heteroatoms. The Balaban J connectivity index is 1.57. The van der Waals surface area contributed by atoms with E-state index in [1.165, 1.54) is 37.7 Å². The van der Waals surface area contributed by atoms with E-state index < -0.39 is 0 Å². The summed E-state index contributed by atoms with van der Waals surface area (Å²) >= 11 is 0. The third-order valence-electron chi connectivity index (χ3n) is 5.34. The summed E-state index contributed by atoms with van der Waals surface area (Å²) in [7, 11) is 1.71.